The molecule has 0 atom stereocenters. The quantitative estimate of drug-likeness (QED) is 0.797. The fourth-order valence-electron chi connectivity index (χ4n) is 2.26. The van der Waals surface area contributed by atoms with E-state index in [4.69, 9.17) is 23.2 Å². The molecule has 0 radical (unpaired) electrons. The standard InChI is InChI=1S/C12H13Cl2N3/c13-5-11-16-10-4-9(14)6-15-12(10)17(11)7-8-2-1-3-8/h4,6,8H,1-3,5,7H2. The van der Waals surface area contributed by atoms with Gasteiger partial charge >= 0.3 is 0 Å². The topological polar surface area (TPSA) is 30.7 Å². The van der Waals surface area contributed by atoms with Gasteiger partial charge in [-0.2, -0.15) is 0 Å². The van der Waals surface area contributed by atoms with Gasteiger partial charge in [-0.1, -0.05) is 18.0 Å². The first-order valence-corrected chi connectivity index (χ1v) is 6.76. The third-order valence-corrected chi connectivity index (χ3v) is 3.86. The maximum atomic E-state index is 5.94. The molecule has 1 aliphatic rings. The van der Waals surface area contributed by atoms with Crippen molar-refractivity contribution in [2.24, 2.45) is 5.92 Å². The Hall–Kier alpha value is -0.800. The molecular weight excluding hydrogens is 257 g/mol. The van der Waals surface area contributed by atoms with E-state index in [-0.39, 0.29) is 0 Å². The van der Waals surface area contributed by atoms with Gasteiger partial charge in [-0.05, 0) is 24.8 Å². The first-order chi connectivity index (χ1) is 8.28. The summed E-state index contributed by atoms with van der Waals surface area (Å²) >= 11 is 11.9. The highest BCUT2D eigenvalue weighted by Crippen LogP contribution is 2.30. The van der Waals surface area contributed by atoms with E-state index in [1.165, 1.54) is 19.3 Å². The van der Waals surface area contributed by atoms with Crippen LogP contribution in [0.4, 0.5) is 0 Å². The second-order valence-corrected chi connectivity index (χ2v) is 5.27. The van der Waals surface area contributed by atoms with Crippen LogP contribution in [0.15, 0.2) is 12.3 Å². The van der Waals surface area contributed by atoms with Crippen molar-refractivity contribution in [2.75, 3.05) is 0 Å². The third kappa shape index (κ3) is 2.02. The van der Waals surface area contributed by atoms with Crippen LogP contribution in [-0.2, 0) is 12.4 Å². The Morgan fingerprint density at radius 2 is 2.24 bits per heavy atom. The molecule has 0 bridgehead atoms. The van der Waals surface area contributed by atoms with Crippen LogP contribution in [0.1, 0.15) is 25.1 Å². The van der Waals surface area contributed by atoms with Crippen molar-refractivity contribution in [1.29, 1.82) is 0 Å². The molecule has 0 amide bonds. The Balaban J connectivity index is 2.05. The molecule has 1 saturated carbocycles. The average Bonchev–Trinajstić information content (AvgIpc) is 2.60. The minimum absolute atomic E-state index is 0.417. The summed E-state index contributed by atoms with van der Waals surface area (Å²) in [5, 5.41) is 0.618. The second-order valence-electron chi connectivity index (χ2n) is 4.57. The lowest BCUT2D eigenvalue weighted by Crippen LogP contribution is -2.19. The molecule has 90 valence electrons. The number of nitrogens with zero attached hydrogens (tertiary/aromatic N) is 3. The van der Waals surface area contributed by atoms with Crippen molar-refractivity contribution < 1.29 is 0 Å². The monoisotopic (exact) mass is 269 g/mol. The van der Waals surface area contributed by atoms with Gasteiger partial charge in [0.15, 0.2) is 5.65 Å². The number of imidazole rings is 1. The molecule has 0 N–H and O–H groups in total. The summed E-state index contributed by atoms with van der Waals surface area (Å²) in [7, 11) is 0. The van der Waals surface area contributed by atoms with Crippen molar-refractivity contribution >= 4 is 34.4 Å². The van der Waals surface area contributed by atoms with Crippen LogP contribution in [0.3, 0.4) is 0 Å². The summed E-state index contributed by atoms with van der Waals surface area (Å²) in [6.07, 6.45) is 5.61. The lowest BCUT2D eigenvalue weighted by atomic mass is 9.85. The summed E-state index contributed by atoms with van der Waals surface area (Å²) in [5.41, 5.74) is 1.74. The molecule has 2 aromatic rings. The van der Waals surface area contributed by atoms with Crippen LogP contribution in [0.2, 0.25) is 5.02 Å². The molecule has 1 aliphatic carbocycles. The molecule has 3 nitrogen and oxygen atoms in total. The summed E-state index contributed by atoms with van der Waals surface area (Å²) in [6.45, 7) is 0.979. The molecule has 3 rings (SSSR count). The van der Waals surface area contributed by atoms with Crippen LogP contribution in [0, 0.1) is 5.92 Å². The largest absolute Gasteiger partial charge is 0.311 e. The summed E-state index contributed by atoms with van der Waals surface area (Å²) in [5.74, 6) is 2.07. The molecule has 2 aromatic heterocycles. The van der Waals surface area contributed by atoms with Crippen LogP contribution >= 0.6 is 23.2 Å². The van der Waals surface area contributed by atoms with E-state index in [0.717, 1.165) is 29.5 Å². The van der Waals surface area contributed by atoms with Crippen LogP contribution < -0.4 is 0 Å². The zero-order valence-corrected chi connectivity index (χ0v) is 10.9. The third-order valence-electron chi connectivity index (χ3n) is 3.42. The van der Waals surface area contributed by atoms with Crippen LogP contribution in [-0.4, -0.2) is 14.5 Å². The molecule has 0 aliphatic heterocycles. The van der Waals surface area contributed by atoms with Gasteiger partial charge in [0.25, 0.3) is 0 Å². The molecule has 0 saturated heterocycles. The normalized spacial score (nSPS) is 16.4. The summed E-state index contributed by atoms with van der Waals surface area (Å²) in [6, 6.07) is 1.84. The molecule has 0 spiro atoms. The predicted molar refractivity (Wildman–Crippen MR) is 69.4 cm³/mol. The van der Waals surface area contributed by atoms with E-state index in [1.807, 2.05) is 6.07 Å². The number of rotatable bonds is 3. The fraction of sp³-hybridized carbons (Fsp3) is 0.500. The average molecular weight is 270 g/mol. The lowest BCUT2D eigenvalue weighted by Gasteiger charge is -2.26. The second kappa shape index (κ2) is 4.46. The molecule has 0 aromatic carbocycles. The van der Waals surface area contributed by atoms with Gasteiger partial charge in [0.1, 0.15) is 11.3 Å². The van der Waals surface area contributed by atoms with Crippen molar-refractivity contribution in [1.82, 2.24) is 14.5 Å². The van der Waals surface area contributed by atoms with Crippen molar-refractivity contribution in [3.63, 3.8) is 0 Å². The van der Waals surface area contributed by atoms with E-state index in [0.29, 0.717) is 10.9 Å². The molecule has 2 heterocycles. The zero-order valence-electron chi connectivity index (χ0n) is 9.37. The highest BCUT2D eigenvalue weighted by atomic mass is 35.5. The molecule has 0 unspecified atom stereocenters. The minimum Gasteiger partial charge on any atom is -0.311 e. The van der Waals surface area contributed by atoms with E-state index in [9.17, 15) is 0 Å². The van der Waals surface area contributed by atoms with E-state index < -0.39 is 0 Å². The number of aromatic nitrogens is 3. The van der Waals surface area contributed by atoms with Gasteiger partial charge < -0.3 is 4.57 Å². The van der Waals surface area contributed by atoms with Gasteiger partial charge in [0, 0.05) is 12.7 Å². The van der Waals surface area contributed by atoms with Gasteiger partial charge in [-0.15, -0.1) is 11.6 Å². The number of alkyl halides is 1. The van der Waals surface area contributed by atoms with Gasteiger partial charge in [0.2, 0.25) is 0 Å². The zero-order chi connectivity index (χ0) is 11.8. The predicted octanol–water partition coefficient (Wildman–Crippen LogP) is 3.62. The SMILES string of the molecule is ClCc1nc2cc(Cl)cnc2n1CC1CCC1. The number of hydrogen-bond acceptors (Lipinski definition) is 2. The van der Waals surface area contributed by atoms with E-state index >= 15 is 0 Å². The smallest absolute Gasteiger partial charge is 0.160 e. The van der Waals surface area contributed by atoms with Gasteiger partial charge in [0.05, 0.1) is 10.9 Å². The minimum atomic E-state index is 0.417. The van der Waals surface area contributed by atoms with Gasteiger partial charge in [-0.25, -0.2) is 9.97 Å². The van der Waals surface area contributed by atoms with Crippen molar-refractivity contribution in [3.8, 4) is 0 Å². The summed E-state index contributed by atoms with van der Waals surface area (Å²) in [4.78, 5) is 8.86. The van der Waals surface area contributed by atoms with Gasteiger partial charge in [-0.3, -0.25) is 0 Å². The Bertz CT molecular complexity index is 546. The molecule has 5 heteroatoms. The van der Waals surface area contributed by atoms with Crippen LogP contribution in [0.5, 0.6) is 0 Å². The highest BCUT2D eigenvalue weighted by Gasteiger charge is 2.21. The first kappa shape index (κ1) is 11.3. The number of hydrogen-bond donors (Lipinski definition) is 0. The van der Waals surface area contributed by atoms with Crippen LogP contribution in [0.25, 0.3) is 11.2 Å². The Labute approximate surface area is 110 Å². The highest BCUT2D eigenvalue weighted by molar-refractivity contribution is 6.31. The first-order valence-electron chi connectivity index (χ1n) is 5.84. The maximum absolute atomic E-state index is 5.94. The fourth-order valence-corrected chi connectivity index (χ4v) is 2.62. The molecule has 17 heavy (non-hydrogen) atoms. The van der Waals surface area contributed by atoms with Crippen molar-refractivity contribution in [3.05, 3.63) is 23.1 Å². The van der Waals surface area contributed by atoms with Crippen molar-refractivity contribution in [2.45, 2.75) is 31.7 Å². The Morgan fingerprint density at radius 3 is 2.88 bits per heavy atom. The number of halogens is 2. The van der Waals surface area contributed by atoms with E-state index in [2.05, 4.69) is 14.5 Å². The van der Waals surface area contributed by atoms with E-state index in [1.54, 1.807) is 6.20 Å². The number of pyridine rings is 1. The maximum Gasteiger partial charge on any atom is 0.160 e. The summed E-state index contributed by atoms with van der Waals surface area (Å²) < 4.78 is 2.14. The molecular formula is C12H13Cl2N3. The molecule has 1 fully saturated rings. The Kier molecular flexibility index (Phi) is 2.97. The number of fused-ring (bicyclic) bond motifs is 1. The lowest BCUT2D eigenvalue weighted by molar-refractivity contribution is 0.277. The Morgan fingerprint density at radius 1 is 1.41 bits per heavy atom.